The largest absolute Gasteiger partial charge is 0.496 e. The Morgan fingerprint density at radius 1 is 1.04 bits per heavy atom. The molecule has 25 heavy (non-hydrogen) atoms. The van der Waals surface area contributed by atoms with Gasteiger partial charge in [0.15, 0.2) is 0 Å². The van der Waals surface area contributed by atoms with Crippen LogP contribution in [0.15, 0.2) is 51.8 Å². The monoisotopic (exact) mass is 419 g/mol. The fraction of sp³-hybridized carbons (Fsp3) is 0.111. The average Bonchev–Trinajstić information content (AvgIpc) is 2.88. The summed E-state index contributed by atoms with van der Waals surface area (Å²) >= 11 is 4.29. The van der Waals surface area contributed by atoms with Crippen LogP contribution in [0, 0.1) is 0 Å². The van der Waals surface area contributed by atoms with Crippen LogP contribution in [-0.2, 0) is 4.79 Å². The molecular formula is C18H14BrNO4S. The molecule has 1 saturated heterocycles. The van der Waals surface area contributed by atoms with E-state index in [-0.39, 0.29) is 11.1 Å². The summed E-state index contributed by atoms with van der Waals surface area (Å²) in [6.07, 6.45) is 1.66. The summed E-state index contributed by atoms with van der Waals surface area (Å²) in [7, 11) is 3.06. The van der Waals surface area contributed by atoms with Gasteiger partial charge in [0.1, 0.15) is 11.5 Å². The fourth-order valence-corrected chi connectivity index (χ4v) is 3.65. The molecule has 1 heterocycles. The number of anilines is 1. The minimum Gasteiger partial charge on any atom is -0.496 e. The van der Waals surface area contributed by atoms with Gasteiger partial charge < -0.3 is 9.47 Å². The highest BCUT2D eigenvalue weighted by Crippen LogP contribution is 2.40. The summed E-state index contributed by atoms with van der Waals surface area (Å²) in [5, 5.41) is -0.366. The molecule has 0 saturated carbocycles. The molecule has 2 aromatic rings. The highest BCUT2D eigenvalue weighted by atomic mass is 79.9. The van der Waals surface area contributed by atoms with Crippen LogP contribution in [0.2, 0.25) is 0 Å². The van der Waals surface area contributed by atoms with Gasteiger partial charge in [0, 0.05) is 10.0 Å². The van der Waals surface area contributed by atoms with Crippen LogP contribution >= 0.6 is 27.7 Å². The van der Waals surface area contributed by atoms with Crippen LogP contribution in [0.1, 0.15) is 5.56 Å². The number of imide groups is 1. The van der Waals surface area contributed by atoms with E-state index in [0.29, 0.717) is 27.7 Å². The van der Waals surface area contributed by atoms with Crippen molar-refractivity contribution in [3.05, 3.63) is 57.4 Å². The van der Waals surface area contributed by atoms with Crippen molar-refractivity contribution in [2.24, 2.45) is 0 Å². The van der Waals surface area contributed by atoms with Gasteiger partial charge in [0.05, 0.1) is 24.8 Å². The molecule has 5 nitrogen and oxygen atoms in total. The Bertz CT molecular complexity index is 881. The number of rotatable bonds is 4. The lowest BCUT2D eigenvalue weighted by Gasteiger charge is -2.15. The lowest BCUT2D eigenvalue weighted by Crippen LogP contribution is -2.28. The van der Waals surface area contributed by atoms with E-state index in [0.717, 1.165) is 21.1 Å². The molecule has 0 atom stereocenters. The van der Waals surface area contributed by atoms with Crippen molar-refractivity contribution in [3.63, 3.8) is 0 Å². The molecule has 0 radical (unpaired) electrons. The lowest BCUT2D eigenvalue weighted by molar-refractivity contribution is -0.113. The third-order valence-corrected chi connectivity index (χ3v) is 4.96. The minimum atomic E-state index is -0.387. The van der Waals surface area contributed by atoms with E-state index in [9.17, 15) is 9.59 Å². The molecule has 2 aromatic carbocycles. The van der Waals surface area contributed by atoms with Gasteiger partial charge in [0.25, 0.3) is 11.1 Å². The van der Waals surface area contributed by atoms with Crippen molar-refractivity contribution in [1.82, 2.24) is 0 Å². The summed E-state index contributed by atoms with van der Waals surface area (Å²) in [6, 6.07) is 12.4. The van der Waals surface area contributed by atoms with Crippen molar-refractivity contribution in [3.8, 4) is 11.5 Å². The van der Waals surface area contributed by atoms with Crippen molar-refractivity contribution in [2.45, 2.75) is 0 Å². The molecule has 3 rings (SSSR count). The van der Waals surface area contributed by atoms with Crippen molar-refractivity contribution < 1.29 is 19.1 Å². The molecule has 1 aliphatic heterocycles. The lowest BCUT2D eigenvalue weighted by atomic mass is 10.2. The topological polar surface area (TPSA) is 55.8 Å². The summed E-state index contributed by atoms with van der Waals surface area (Å²) in [5.41, 5.74) is 1.14. The molecule has 0 bridgehead atoms. The number of halogens is 1. The number of benzene rings is 2. The van der Waals surface area contributed by atoms with Gasteiger partial charge in [-0.25, -0.2) is 4.90 Å². The Hall–Kier alpha value is -2.25. The van der Waals surface area contributed by atoms with Gasteiger partial charge in [-0.05, 0) is 48.2 Å². The highest BCUT2D eigenvalue weighted by molar-refractivity contribution is 9.10. The van der Waals surface area contributed by atoms with Crippen molar-refractivity contribution in [2.75, 3.05) is 19.1 Å². The predicted molar refractivity (Wildman–Crippen MR) is 102 cm³/mol. The highest BCUT2D eigenvalue weighted by Gasteiger charge is 2.37. The zero-order valence-electron chi connectivity index (χ0n) is 13.5. The third kappa shape index (κ3) is 3.43. The van der Waals surface area contributed by atoms with E-state index in [1.165, 1.54) is 7.11 Å². The molecule has 1 fully saturated rings. The predicted octanol–water partition coefficient (Wildman–Crippen LogP) is 4.71. The first kappa shape index (κ1) is 17.6. The summed E-state index contributed by atoms with van der Waals surface area (Å²) in [4.78, 5) is 26.6. The quantitative estimate of drug-likeness (QED) is 0.671. The summed E-state index contributed by atoms with van der Waals surface area (Å²) in [5.74, 6) is 0.694. The number of amides is 2. The molecule has 2 amide bonds. The van der Waals surface area contributed by atoms with Crippen LogP contribution in [-0.4, -0.2) is 25.4 Å². The number of hydrogen-bond acceptors (Lipinski definition) is 5. The average molecular weight is 420 g/mol. The van der Waals surface area contributed by atoms with Crippen LogP contribution in [0.4, 0.5) is 10.5 Å². The molecule has 0 N–H and O–H groups in total. The molecule has 0 aromatic heterocycles. The van der Waals surface area contributed by atoms with Gasteiger partial charge in [-0.1, -0.05) is 28.1 Å². The molecule has 1 aliphatic rings. The minimum absolute atomic E-state index is 0.326. The molecule has 0 aliphatic carbocycles. The SMILES string of the molecule is COc1ccc(Br)cc1/C=C1\SC(=O)N(c2ccccc2OC)C1=O. The van der Waals surface area contributed by atoms with E-state index < -0.39 is 0 Å². The maximum absolute atomic E-state index is 12.8. The molecule has 128 valence electrons. The fourth-order valence-electron chi connectivity index (χ4n) is 2.45. The zero-order chi connectivity index (χ0) is 18.0. The maximum atomic E-state index is 12.8. The number of methoxy groups -OCH3 is 2. The maximum Gasteiger partial charge on any atom is 0.298 e. The second-order valence-electron chi connectivity index (χ2n) is 5.08. The summed E-state index contributed by atoms with van der Waals surface area (Å²) in [6.45, 7) is 0. The number of carbonyl (C=O) groups is 2. The third-order valence-electron chi connectivity index (χ3n) is 3.60. The van der Waals surface area contributed by atoms with Gasteiger partial charge >= 0.3 is 0 Å². The number of ether oxygens (including phenoxy) is 2. The molecular weight excluding hydrogens is 406 g/mol. The smallest absolute Gasteiger partial charge is 0.298 e. The Morgan fingerprint density at radius 2 is 1.76 bits per heavy atom. The Labute approximate surface area is 157 Å². The second-order valence-corrected chi connectivity index (χ2v) is 6.98. The van der Waals surface area contributed by atoms with E-state index >= 15 is 0 Å². The first-order valence-corrected chi connectivity index (χ1v) is 8.90. The summed E-state index contributed by atoms with van der Waals surface area (Å²) < 4.78 is 11.4. The number of para-hydroxylation sites is 2. The van der Waals surface area contributed by atoms with Gasteiger partial charge in [-0.2, -0.15) is 0 Å². The van der Waals surface area contributed by atoms with Crippen LogP contribution in [0.5, 0.6) is 11.5 Å². The second kappa shape index (κ2) is 7.33. The number of carbonyl (C=O) groups excluding carboxylic acids is 2. The number of hydrogen-bond donors (Lipinski definition) is 0. The Morgan fingerprint density at radius 3 is 2.48 bits per heavy atom. The van der Waals surface area contributed by atoms with E-state index in [4.69, 9.17) is 9.47 Å². The van der Waals surface area contributed by atoms with E-state index in [1.54, 1.807) is 43.5 Å². The zero-order valence-corrected chi connectivity index (χ0v) is 15.9. The first-order chi connectivity index (χ1) is 12.0. The van der Waals surface area contributed by atoms with E-state index in [2.05, 4.69) is 15.9 Å². The Balaban J connectivity index is 2.01. The molecule has 7 heteroatoms. The number of thioether (sulfide) groups is 1. The molecule has 0 unspecified atom stereocenters. The van der Waals surface area contributed by atoms with Gasteiger partial charge in [-0.3, -0.25) is 9.59 Å². The normalized spacial score (nSPS) is 15.8. The molecule has 0 spiro atoms. The van der Waals surface area contributed by atoms with Crippen molar-refractivity contribution in [1.29, 1.82) is 0 Å². The van der Waals surface area contributed by atoms with Crippen molar-refractivity contribution >= 4 is 50.6 Å². The standard InChI is InChI=1S/C18H14BrNO4S/c1-23-14-8-7-12(19)9-11(14)10-16-17(21)20(18(22)25-16)13-5-3-4-6-15(13)24-2/h3-10H,1-2H3/b16-10-. The first-order valence-electron chi connectivity index (χ1n) is 7.29. The van der Waals surface area contributed by atoms with Crippen LogP contribution < -0.4 is 14.4 Å². The number of nitrogens with zero attached hydrogens (tertiary/aromatic N) is 1. The van der Waals surface area contributed by atoms with Gasteiger partial charge in [-0.15, -0.1) is 0 Å². The van der Waals surface area contributed by atoms with E-state index in [1.807, 2.05) is 12.1 Å². The van der Waals surface area contributed by atoms with Gasteiger partial charge in [0.2, 0.25) is 0 Å². The van der Waals surface area contributed by atoms with Crippen LogP contribution in [0.25, 0.3) is 6.08 Å². The Kier molecular flexibility index (Phi) is 5.15. The van der Waals surface area contributed by atoms with Crippen LogP contribution in [0.3, 0.4) is 0 Å².